The summed E-state index contributed by atoms with van der Waals surface area (Å²) in [7, 11) is 0. The summed E-state index contributed by atoms with van der Waals surface area (Å²) in [5, 5.41) is 12.2. The third kappa shape index (κ3) is 3.62. The summed E-state index contributed by atoms with van der Waals surface area (Å²) in [5.41, 5.74) is 1.31. The minimum atomic E-state index is -0.423. The molecule has 0 radical (unpaired) electrons. The summed E-state index contributed by atoms with van der Waals surface area (Å²) < 4.78 is 0.736. The average Bonchev–Trinajstić information content (AvgIpc) is 2.45. The normalized spacial score (nSPS) is 11.9. The topological polar surface area (TPSA) is 62.2 Å². The van der Waals surface area contributed by atoms with Crippen molar-refractivity contribution in [1.82, 2.24) is 10.3 Å². The monoisotopic (exact) mass is 320 g/mol. The molecule has 0 saturated carbocycles. The smallest absolute Gasteiger partial charge is 0.253 e. The van der Waals surface area contributed by atoms with Crippen molar-refractivity contribution in [3.8, 4) is 0 Å². The van der Waals surface area contributed by atoms with Crippen LogP contribution in [0.1, 0.15) is 22.0 Å². The van der Waals surface area contributed by atoms with Gasteiger partial charge in [0, 0.05) is 16.9 Å². The molecule has 0 aliphatic rings. The minimum Gasteiger partial charge on any atom is -0.394 e. The predicted molar refractivity (Wildman–Crippen MR) is 75.7 cm³/mol. The Labute approximate surface area is 119 Å². The van der Waals surface area contributed by atoms with Gasteiger partial charge < -0.3 is 10.4 Å². The average molecular weight is 321 g/mol. The van der Waals surface area contributed by atoms with Crippen LogP contribution in [0.2, 0.25) is 0 Å². The first-order chi connectivity index (χ1) is 9.20. The number of rotatable bonds is 4. The maximum Gasteiger partial charge on any atom is 0.253 e. The third-order valence-electron chi connectivity index (χ3n) is 2.66. The molecule has 98 valence electrons. The fraction of sp³-hybridized carbons (Fsp3) is 0.143. The van der Waals surface area contributed by atoms with Crippen LogP contribution in [0.5, 0.6) is 0 Å². The van der Waals surface area contributed by atoms with Crippen LogP contribution in [0.4, 0.5) is 0 Å². The Morgan fingerprint density at radius 3 is 2.68 bits per heavy atom. The fourth-order valence-corrected chi connectivity index (χ4v) is 2.06. The first kappa shape index (κ1) is 13.7. The highest BCUT2D eigenvalue weighted by atomic mass is 79.9. The zero-order chi connectivity index (χ0) is 13.7. The molecule has 0 spiro atoms. The number of hydrogen-bond acceptors (Lipinski definition) is 3. The molecule has 1 amide bonds. The number of aliphatic hydroxyl groups excluding tert-OH is 1. The first-order valence-corrected chi connectivity index (χ1v) is 6.57. The summed E-state index contributed by atoms with van der Waals surface area (Å²) >= 11 is 3.27. The zero-order valence-corrected chi connectivity index (χ0v) is 11.7. The maximum absolute atomic E-state index is 12.1. The lowest BCUT2D eigenvalue weighted by atomic mass is 10.1. The largest absolute Gasteiger partial charge is 0.394 e. The molecule has 0 aliphatic heterocycles. The second-order valence-corrected chi connectivity index (χ2v) is 4.93. The molecule has 4 nitrogen and oxygen atoms in total. The molecule has 5 heteroatoms. The Morgan fingerprint density at radius 1 is 1.32 bits per heavy atom. The van der Waals surface area contributed by atoms with Gasteiger partial charge in [-0.3, -0.25) is 9.78 Å². The molecule has 1 aromatic carbocycles. The molecule has 1 heterocycles. The van der Waals surface area contributed by atoms with Gasteiger partial charge in [-0.15, -0.1) is 0 Å². The SMILES string of the molecule is O=C(NC(CO)c1ccccc1)c1cncc(Br)c1. The number of benzene rings is 1. The van der Waals surface area contributed by atoms with Crippen molar-refractivity contribution in [1.29, 1.82) is 0 Å². The maximum atomic E-state index is 12.1. The van der Waals surface area contributed by atoms with E-state index in [0.29, 0.717) is 5.56 Å². The lowest BCUT2D eigenvalue weighted by Crippen LogP contribution is -2.30. The van der Waals surface area contributed by atoms with Crippen molar-refractivity contribution in [3.05, 3.63) is 64.4 Å². The number of pyridine rings is 1. The Hall–Kier alpha value is -1.72. The van der Waals surface area contributed by atoms with Gasteiger partial charge >= 0.3 is 0 Å². The summed E-state index contributed by atoms with van der Waals surface area (Å²) in [6.07, 6.45) is 3.09. The second-order valence-electron chi connectivity index (χ2n) is 4.01. The molecule has 2 rings (SSSR count). The number of aromatic nitrogens is 1. The van der Waals surface area contributed by atoms with Crippen LogP contribution < -0.4 is 5.32 Å². The van der Waals surface area contributed by atoms with Crippen molar-refractivity contribution < 1.29 is 9.90 Å². The Morgan fingerprint density at radius 2 is 2.05 bits per heavy atom. The first-order valence-electron chi connectivity index (χ1n) is 5.78. The highest BCUT2D eigenvalue weighted by molar-refractivity contribution is 9.10. The molecular weight excluding hydrogens is 308 g/mol. The summed E-state index contributed by atoms with van der Waals surface area (Å²) in [6.45, 7) is -0.156. The second kappa shape index (κ2) is 6.45. The Balaban J connectivity index is 2.13. The zero-order valence-electron chi connectivity index (χ0n) is 10.1. The van der Waals surface area contributed by atoms with Gasteiger partial charge in [-0.1, -0.05) is 30.3 Å². The van der Waals surface area contributed by atoms with E-state index in [-0.39, 0.29) is 12.5 Å². The van der Waals surface area contributed by atoms with E-state index in [1.807, 2.05) is 30.3 Å². The van der Waals surface area contributed by atoms with Crippen LogP contribution in [-0.2, 0) is 0 Å². The molecule has 0 bridgehead atoms. The van der Waals surface area contributed by atoms with E-state index in [4.69, 9.17) is 0 Å². The van der Waals surface area contributed by atoms with E-state index in [1.165, 1.54) is 6.20 Å². The number of hydrogen-bond donors (Lipinski definition) is 2. The van der Waals surface area contributed by atoms with E-state index < -0.39 is 6.04 Å². The number of aliphatic hydroxyl groups is 1. The molecule has 0 saturated heterocycles. The van der Waals surface area contributed by atoms with Gasteiger partial charge in [0.05, 0.1) is 18.2 Å². The van der Waals surface area contributed by atoms with Gasteiger partial charge in [0.1, 0.15) is 0 Å². The van der Waals surface area contributed by atoms with E-state index >= 15 is 0 Å². The standard InChI is InChI=1S/C14H13BrN2O2/c15-12-6-11(7-16-8-12)14(19)17-13(9-18)10-4-2-1-3-5-10/h1-8,13,18H,9H2,(H,17,19). The summed E-state index contributed by atoms with van der Waals surface area (Å²) in [5.74, 6) is -0.267. The lowest BCUT2D eigenvalue weighted by Gasteiger charge is -2.16. The molecule has 0 fully saturated rings. The number of halogens is 1. The van der Waals surface area contributed by atoms with Gasteiger partial charge in [-0.2, -0.15) is 0 Å². The summed E-state index contributed by atoms with van der Waals surface area (Å²) in [4.78, 5) is 16.0. The number of nitrogens with zero attached hydrogens (tertiary/aromatic N) is 1. The van der Waals surface area contributed by atoms with E-state index in [2.05, 4.69) is 26.2 Å². The van der Waals surface area contributed by atoms with E-state index in [0.717, 1.165) is 10.0 Å². The number of carbonyl (C=O) groups is 1. The number of nitrogens with one attached hydrogen (secondary N) is 1. The highest BCUT2D eigenvalue weighted by Crippen LogP contribution is 2.14. The fourth-order valence-electron chi connectivity index (χ4n) is 1.70. The quantitative estimate of drug-likeness (QED) is 0.908. The molecule has 2 aromatic rings. The molecule has 1 atom stereocenters. The van der Waals surface area contributed by atoms with Gasteiger partial charge in [0.15, 0.2) is 0 Å². The van der Waals surface area contributed by atoms with Crippen molar-refractivity contribution in [3.63, 3.8) is 0 Å². The van der Waals surface area contributed by atoms with Crippen molar-refractivity contribution >= 4 is 21.8 Å². The van der Waals surface area contributed by atoms with Gasteiger partial charge in [0.25, 0.3) is 5.91 Å². The predicted octanol–water partition coefficient (Wildman–Crippen LogP) is 2.31. The minimum absolute atomic E-state index is 0.156. The molecule has 0 aliphatic carbocycles. The number of carbonyl (C=O) groups excluding carboxylic acids is 1. The Kier molecular flexibility index (Phi) is 4.65. The molecule has 2 N–H and O–H groups in total. The molecule has 19 heavy (non-hydrogen) atoms. The van der Waals surface area contributed by atoms with Crippen LogP contribution in [0, 0.1) is 0 Å². The van der Waals surface area contributed by atoms with Crippen LogP contribution >= 0.6 is 15.9 Å². The van der Waals surface area contributed by atoms with Crippen LogP contribution in [-0.4, -0.2) is 22.6 Å². The summed E-state index contributed by atoms with van der Waals surface area (Å²) in [6, 6.07) is 10.6. The third-order valence-corrected chi connectivity index (χ3v) is 3.09. The van der Waals surface area contributed by atoms with Gasteiger partial charge in [0.2, 0.25) is 0 Å². The van der Waals surface area contributed by atoms with Crippen molar-refractivity contribution in [2.75, 3.05) is 6.61 Å². The lowest BCUT2D eigenvalue weighted by molar-refractivity contribution is 0.0916. The van der Waals surface area contributed by atoms with Crippen LogP contribution in [0.15, 0.2) is 53.3 Å². The molecular formula is C14H13BrN2O2. The van der Waals surface area contributed by atoms with Crippen molar-refractivity contribution in [2.24, 2.45) is 0 Å². The van der Waals surface area contributed by atoms with E-state index in [1.54, 1.807) is 12.3 Å². The Bertz CT molecular complexity index is 560. The molecule has 1 unspecified atom stereocenters. The van der Waals surface area contributed by atoms with E-state index in [9.17, 15) is 9.90 Å². The van der Waals surface area contributed by atoms with Crippen LogP contribution in [0.25, 0.3) is 0 Å². The van der Waals surface area contributed by atoms with Crippen molar-refractivity contribution in [2.45, 2.75) is 6.04 Å². The number of amides is 1. The molecule has 1 aromatic heterocycles. The highest BCUT2D eigenvalue weighted by Gasteiger charge is 2.14. The van der Waals surface area contributed by atoms with Gasteiger partial charge in [-0.05, 0) is 27.6 Å². The van der Waals surface area contributed by atoms with Gasteiger partial charge in [-0.25, -0.2) is 0 Å². The van der Waals surface area contributed by atoms with Crippen LogP contribution in [0.3, 0.4) is 0 Å².